The van der Waals surface area contributed by atoms with E-state index in [1.165, 1.54) is 6.08 Å². The second-order valence-corrected chi connectivity index (χ2v) is 9.75. The molecule has 29 heavy (non-hydrogen) atoms. The Morgan fingerprint density at radius 2 is 2.10 bits per heavy atom. The number of fused-ring (bicyclic) bond motifs is 1. The first-order chi connectivity index (χ1) is 13.9. The maximum Gasteiger partial charge on any atom is 0.263 e. The monoisotopic (exact) mass is 422 g/mol. The third kappa shape index (κ3) is 5.16. The van der Waals surface area contributed by atoms with Crippen LogP contribution in [-0.4, -0.2) is 59.0 Å². The first kappa shape index (κ1) is 20.8. The Labute approximate surface area is 174 Å². The summed E-state index contributed by atoms with van der Waals surface area (Å²) < 4.78 is 25.6. The van der Waals surface area contributed by atoms with Crippen LogP contribution in [0, 0.1) is 11.8 Å². The third-order valence-corrected chi connectivity index (χ3v) is 7.22. The summed E-state index contributed by atoms with van der Waals surface area (Å²) in [7, 11) is 0. The fourth-order valence-electron chi connectivity index (χ4n) is 3.99. The average molecular weight is 423 g/mol. The minimum Gasteiger partial charge on any atom is -0.493 e. The van der Waals surface area contributed by atoms with Crippen molar-refractivity contribution in [2.24, 2.45) is 21.8 Å². The van der Waals surface area contributed by atoms with E-state index in [2.05, 4.69) is 9.98 Å². The molecule has 6 nitrogen and oxygen atoms in total. The number of rotatable bonds is 6. The molecule has 1 saturated heterocycles. The van der Waals surface area contributed by atoms with Crippen LogP contribution in [0.1, 0.15) is 39.0 Å². The first-order valence-corrected chi connectivity index (χ1v) is 11.3. The molecule has 0 aromatic heterocycles. The van der Waals surface area contributed by atoms with Gasteiger partial charge in [0.05, 0.1) is 30.3 Å². The molecule has 0 bridgehead atoms. The van der Waals surface area contributed by atoms with E-state index in [-0.39, 0.29) is 0 Å². The van der Waals surface area contributed by atoms with Gasteiger partial charge in [0, 0.05) is 29.9 Å². The highest BCUT2D eigenvalue weighted by Crippen LogP contribution is 2.35. The number of allylic oxidation sites excluding steroid dienone is 2. The Hall–Kier alpha value is -1.51. The highest BCUT2D eigenvalue weighted by atomic mass is 32.2. The Morgan fingerprint density at radius 3 is 2.83 bits per heavy atom. The number of amidine groups is 1. The molecule has 2 unspecified atom stereocenters. The molecule has 0 aromatic rings. The lowest BCUT2D eigenvalue weighted by Crippen LogP contribution is -2.33. The second kappa shape index (κ2) is 8.70. The van der Waals surface area contributed by atoms with Crippen molar-refractivity contribution in [3.8, 4) is 0 Å². The van der Waals surface area contributed by atoms with Gasteiger partial charge in [0.2, 0.25) is 0 Å². The molecule has 0 aromatic carbocycles. The third-order valence-electron chi connectivity index (χ3n) is 5.85. The van der Waals surface area contributed by atoms with Crippen LogP contribution >= 0.6 is 11.8 Å². The summed E-state index contributed by atoms with van der Waals surface area (Å²) >= 11 is 1.70. The van der Waals surface area contributed by atoms with Gasteiger partial charge in [-0.1, -0.05) is 0 Å². The van der Waals surface area contributed by atoms with Crippen LogP contribution in [0.3, 0.4) is 0 Å². The van der Waals surface area contributed by atoms with E-state index in [4.69, 9.17) is 9.47 Å². The predicted molar refractivity (Wildman–Crippen MR) is 111 cm³/mol. The lowest BCUT2D eigenvalue weighted by Gasteiger charge is -2.32. The number of hydrogen-bond donors (Lipinski definition) is 1. The van der Waals surface area contributed by atoms with Gasteiger partial charge in [0.1, 0.15) is 23.3 Å². The Morgan fingerprint density at radius 1 is 1.31 bits per heavy atom. The number of aliphatic hydroxyl groups is 1. The van der Waals surface area contributed by atoms with Gasteiger partial charge in [-0.3, -0.25) is 4.79 Å². The van der Waals surface area contributed by atoms with Gasteiger partial charge in [-0.25, -0.2) is 9.38 Å². The molecule has 4 rings (SSSR count). The molecule has 4 aliphatic rings. The van der Waals surface area contributed by atoms with Crippen molar-refractivity contribution in [2.75, 3.05) is 25.6 Å². The molecule has 1 amide bonds. The van der Waals surface area contributed by atoms with Crippen molar-refractivity contribution in [3.63, 3.8) is 0 Å². The highest BCUT2D eigenvalue weighted by Gasteiger charge is 2.35. The molecular formula is C21H27FN2O4S. The number of carbonyl (C=O) groups is 1. The highest BCUT2D eigenvalue weighted by molar-refractivity contribution is 8.00. The van der Waals surface area contributed by atoms with Gasteiger partial charge in [-0.2, -0.15) is 16.8 Å². The molecule has 2 fully saturated rings. The molecular weight excluding hydrogens is 395 g/mol. The summed E-state index contributed by atoms with van der Waals surface area (Å²) in [6.45, 7) is 3.73. The van der Waals surface area contributed by atoms with Gasteiger partial charge in [-0.15, -0.1) is 0 Å². The van der Waals surface area contributed by atoms with Crippen LogP contribution in [0.4, 0.5) is 4.39 Å². The topological polar surface area (TPSA) is 80.5 Å². The summed E-state index contributed by atoms with van der Waals surface area (Å²) in [6, 6.07) is 0. The number of halogens is 1. The smallest absolute Gasteiger partial charge is 0.263 e. The number of nitrogens with zero attached hydrogens (tertiary/aromatic N) is 2. The van der Waals surface area contributed by atoms with E-state index in [1.54, 1.807) is 17.8 Å². The van der Waals surface area contributed by atoms with Crippen molar-refractivity contribution < 1.29 is 23.8 Å². The van der Waals surface area contributed by atoms with E-state index in [1.807, 2.05) is 6.92 Å². The van der Waals surface area contributed by atoms with E-state index in [9.17, 15) is 14.3 Å². The Balaban J connectivity index is 1.38. The van der Waals surface area contributed by atoms with E-state index >= 15 is 0 Å². The van der Waals surface area contributed by atoms with Crippen LogP contribution in [0.2, 0.25) is 0 Å². The van der Waals surface area contributed by atoms with Crippen molar-refractivity contribution >= 4 is 29.2 Å². The summed E-state index contributed by atoms with van der Waals surface area (Å²) in [5, 5.41) is 10.5. The zero-order valence-corrected chi connectivity index (χ0v) is 17.4. The van der Waals surface area contributed by atoms with Crippen LogP contribution in [0.25, 0.3) is 0 Å². The summed E-state index contributed by atoms with van der Waals surface area (Å²) in [5.41, 5.74) is -0.203. The number of thioether (sulfide) groups is 1. The first-order valence-electron chi connectivity index (χ1n) is 10.2. The average Bonchev–Trinajstić information content (AvgIpc) is 3.18. The number of amides is 1. The molecule has 2 aliphatic carbocycles. The standard InChI is InChI=1S/C21H27FN2O4S/c1-21(26)5-2-15(3-6-21)29-12-18-23-17-9-14(28-11-13-4-7-27-10-13)8-16(22)19(17)20(25)24-18/h8-9,13,15,19,26H,2-7,10-12H2,1H3. The molecule has 1 saturated carbocycles. The van der Waals surface area contributed by atoms with Crippen molar-refractivity contribution in [1.29, 1.82) is 0 Å². The van der Waals surface area contributed by atoms with Gasteiger partial charge < -0.3 is 14.6 Å². The summed E-state index contributed by atoms with van der Waals surface area (Å²) in [6.07, 6.45) is 7.26. The molecule has 1 N–H and O–H groups in total. The van der Waals surface area contributed by atoms with Crippen LogP contribution in [0.5, 0.6) is 0 Å². The van der Waals surface area contributed by atoms with Crippen molar-refractivity contribution in [3.05, 3.63) is 23.7 Å². The van der Waals surface area contributed by atoms with Crippen molar-refractivity contribution in [1.82, 2.24) is 0 Å². The molecule has 2 atom stereocenters. The Kier molecular flexibility index (Phi) is 6.22. The summed E-state index contributed by atoms with van der Waals surface area (Å²) in [5.74, 6) is -0.493. The quantitative estimate of drug-likeness (QED) is 0.711. The van der Waals surface area contributed by atoms with Crippen LogP contribution < -0.4 is 0 Å². The fourth-order valence-corrected chi connectivity index (χ4v) is 5.07. The molecule has 0 radical (unpaired) electrons. The maximum atomic E-state index is 14.5. The Bertz CT molecular complexity index is 774. The van der Waals surface area contributed by atoms with Crippen LogP contribution in [-0.2, 0) is 14.3 Å². The zero-order chi connectivity index (χ0) is 20.4. The summed E-state index contributed by atoms with van der Waals surface area (Å²) in [4.78, 5) is 20.9. The predicted octanol–water partition coefficient (Wildman–Crippen LogP) is 3.21. The molecule has 158 valence electrons. The number of hydrogen-bond acceptors (Lipinski definition) is 6. The second-order valence-electron chi connectivity index (χ2n) is 8.46. The number of carbonyl (C=O) groups excluding carboxylic acids is 1. The maximum absolute atomic E-state index is 14.5. The fraction of sp³-hybridized carbons (Fsp3) is 0.667. The number of ether oxygens (including phenoxy) is 2. The van der Waals surface area contributed by atoms with E-state index < -0.39 is 23.3 Å². The molecule has 2 aliphatic heterocycles. The SMILES string of the molecule is CC1(O)CCC(SCC2=NC(=O)C3C(F)=CC(OCC4CCOC4)=CC3=N2)CC1. The van der Waals surface area contributed by atoms with Gasteiger partial charge >= 0.3 is 0 Å². The van der Waals surface area contributed by atoms with Gasteiger partial charge in [0.25, 0.3) is 5.91 Å². The lowest BCUT2D eigenvalue weighted by atomic mass is 9.86. The van der Waals surface area contributed by atoms with Crippen LogP contribution in [0.15, 0.2) is 33.7 Å². The molecule has 8 heteroatoms. The van der Waals surface area contributed by atoms with Gasteiger partial charge in [-0.05, 0) is 39.0 Å². The zero-order valence-electron chi connectivity index (χ0n) is 16.6. The minimum absolute atomic E-state index is 0.310. The molecule has 0 spiro atoms. The largest absolute Gasteiger partial charge is 0.493 e. The number of aliphatic imine (C=N–C) groups is 2. The minimum atomic E-state index is -1.05. The van der Waals surface area contributed by atoms with Crippen molar-refractivity contribution in [2.45, 2.75) is 49.9 Å². The normalized spacial score (nSPS) is 34.7. The van der Waals surface area contributed by atoms with Gasteiger partial charge in [0.15, 0.2) is 0 Å². The lowest BCUT2D eigenvalue weighted by molar-refractivity contribution is -0.119. The van der Waals surface area contributed by atoms with E-state index in [0.29, 0.717) is 47.4 Å². The van der Waals surface area contributed by atoms with E-state index in [0.717, 1.165) is 38.7 Å². The molecule has 2 heterocycles.